The molecule has 2 aromatic carbocycles. The van der Waals surface area contributed by atoms with Gasteiger partial charge in [0.15, 0.2) is 0 Å². The van der Waals surface area contributed by atoms with Crippen molar-refractivity contribution in [3.05, 3.63) is 65.2 Å². The summed E-state index contributed by atoms with van der Waals surface area (Å²) in [5, 5.41) is 18.8. The fraction of sp³-hybridized carbons (Fsp3) is 0.478. The van der Waals surface area contributed by atoms with Crippen LogP contribution in [-0.4, -0.2) is 10.2 Å². The molecule has 0 fully saturated rings. The zero-order chi connectivity index (χ0) is 19.0. The molecule has 2 aromatic rings. The molecule has 0 amide bonds. The number of hydrogen-bond donors (Lipinski definition) is 2. The van der Waals surface area contributed by atoms with Crippen LogP contribution in [0.1, 0.15) is 82.9 Å². The van der Waals surface area contributed by atoms with Crippen molar-refractivity contribution in [3.8, 4) is 5.75 Å². The first-order chi connectivity index (χ1) is 11.7. The lowest BCUT2D eigenvalue weighted by Crippen LogP contribution is -2.15. The van der Waals surface area contributed by atoms with Gasteiger partial charge in [0.1, 0.15) is 5.75 Å². The summed E-state index contributed by atoms with van der Waals surface area (Å²) in [5.74, 6) is 1.54. The smallest absolute Gasteiger partial charge is 0.115 e. The van der Waals surface area contributed by atoms with Crippen LogP contribution in [0.25, 0.3) is 0 Å². The third-order valence-corrected chi connectivity index (χ3v) is 4.87. The third-order valence-electron chi connectivity index (χ3n) is 4.87. The molecule has 2 unspecified atom stereocenters. The molecule has 138 valence electrons. The van der Waals surface area contributed by atoms with Gasteiger partial charge >= 0.3 is 0 Å². The summed E-state index contributed by atoms with van der Waals surface area (Å²) in [6.07, 6.45) is 2.30. The number of rotatable bonds is 5. The van der Waals surface area contributed by atoms with Crippen LogP contribution in [0.2, 0.25) is 0 Å². The molecule has 0 bridgehead atoms. The Morgan fingerprint density at radius 1 is 0.760 bits per heavy atom. The monoisotopic (exact) mass is 342 g/mol. The Morgan fingerprint density at radius 2 is 1.12 bits per heavy atom. The highest BCUT2D eigenvalue weighted by Crippen LogP contribution is 2.24. The average Bonchev–Trinajstić information content (AvgIpc) is 2.61. The van der Waals surface area contributed by atoms with E-state index in [9.17, 15) is 5.11 Å². The van der Waals surface area contributed by atoms with Gasteiger partial charge in [0.05, 0.1) is 5.60 Å². The molecule has 2 atom stereocenters. The van der Waals surface area contributed by atoms with E-state index in [1.54, 1.807) is 12.1 Å². The van der Waals surface area contributed by atoms with Crippen LogP contribution in [0.15, 0.2) is 48.5 Å². The maximum atomic E-state index is 9.78. The van der Waals surface area contributed by atoms with Gasteiger partial charge in [-0.15, -0.1) is 0 Å². The van der Waals surface area contributed by atoms with Gasteiger partial charge in [-0.1, -0.05) is 64.1 Å². The minimum atomic E-state index is -0.728. The summed E-state index contributed by atoms with van der Waals surface area (Å²) >= 11 is 0. The fourth-order valence-corrected chi connectivity index (χ4v) is 2.49. The second-order valence-corrected chi connectivity index (χ2v) is 7.39. The lowest BCUT2D eigenvalue weighted by Gasteiger charge is -2.18. The van der Waals surface area contributed by atoms with Crippen LogP contribution < -0.4 is 0 Å². The standard InChI is InChI=1S/C13H20O.C10H14O/c1-5-10(2)11-6-8-12(9-7-11)13(3,4)14;1-3-8(2)9-4-6-10(11)7-5-9/h6-10,14H,5H2,1-4H3;4-8,11H,3H2,1-2H3. The Bertz CT molecular complexity index is 606. The molecule has 25 heavy (non-hydrogen) atoms. The zero-order valence-electron chi connectivity index (χ0n) is 16.6. The quantitative estimate of drug-likeness (QED) is 0.666. The van der Waals surface area contributed by atoms with E-state index in [4.69, 9.17) is 5.11 Å². The highest BCUT2D eigenvalue weighted by Gasteiger charge is 2.15. The second kappa shape index (κ2) is 9.62. The molecule has 2 nitrogen and oxygen atoms in total. The van der Waals surface area contributed by atoms with E-state index in [2.05, 4.69) is 39.8 Å². The normalized spacial score (nSPS) is 13.6. The van der Waals surface area contributed by atoms with Crippen LogP contribution in [0.3, 0.4) is 0 Å². The van der Waals surface area contributed by atoms with E-state index in [-0.39, 0.29) is 0 Å². The van der Waals surface area contributed by atoms with Gasteiger partial charge < -0.3 is 10.2 Å². The minimum Gasteiger partial charge on any atom is -0.508 e. The molecule has 0 aliphatic rings. The van der Waals surface area contributed by atoms with Crippen molar-refractivity contribution >= 4 is 0 Å². The van der Waals surface area contributed by atoms with Crippen molar-refractivity contribution < 1.29 is 10.2 Å². The first kappa shape index (κ1) is 21.2. The maximum Gasteiger partial charge on any atom is 0.115 e. The van der Waals surface area contributed by atoms with Crippen molar-refractivity contribution in [1.82, 2.24) is 0 Å². The highest BCUT2D eigenvalue weighted by molar-refractivity contribution is 5.28. The first-order valence-electron chi connectivity index (χ1n) is 9.30. The van der Waals surface area contributed by atoms with Crippen LogP contribution in [-0.2, 0) is 5.60 Å². The summed E-state index contributed by atoms with van der Waals surface area (Å²) in [6.45, 7) is 12.4. The highest BCUT2D eigenvalue weighted by atomic mass is 16.3. The lowest BCUT2D eigenvalue weighted by atomic mass is 9.93. The largest absolute Gasteiger partial charge is 0.508 e. The Balaban J connectivity index is 0.000000257. The van der Waals surface area contributed by atoms with Crippen molar-refractivity contribution in [2.75, 3.05) is 0 Å². The third kappa shape index (κ3) is 6.91. The summed E-state index contributed by atoms with van der Waals surface area (Å²) in [5.41, 5.74) is 2.89. The Labute approximate surface area is 153 Å². The van der Waals surface area contributed by atoms with E-state index < -0.39 is 5.60 Å². The fourth-order valence-electron chi connectivity index (χ4n) is 2.49. The molecular weight excluding hydrogens is 308 g/mol. The Morgan fingerprint density at radius 3 is 1.44 bits per heavy atom. The predicted molar refractivity (Wildman–Crippen MR) is 107 cm³/mol. The number of phenols is 1. The average molecular weight is 343 g/mol. The molecule has 0 saturated heterocycles. The van der Waals surface area contributed by atoms with Gasteiger partial charge in [-0.2, -0.15) is 0 Å². The zero-order valence-corrected chi connectivity index (χ0v) is 16.6. The lowest BCUT2D eigenvalue weighted by molar-refractivity contribution is 0.0786. The molecule has 0 spiro atoms. The number of benzene rings is 2. The van der Waals surface area contributed by atoms with Crippen LogP contribution in [0, 0.1) is 0 Å². The predicted octanol–water partition coefficient (Wildman–Crippen LogP) is 6.33. The molecule has 2 rings (SSSR count). The van der Waals surface area contributed by atoms with E-state index in [1.807, 2.05) is 38.1 Å². The number of phenolic OH excluding ortho intramolecular Hbond substituents is 1. The van der Waals surface area contributed by atoms with Crippen LogP contribution >= 0.6 is 0 Å². The van der Waals surface area contributed by atoms with Crippen molar-refractivity contribution in [3.63, 3.8) is 0 Å². The number of hydrogen-bond acceptors (Lipinski definition) is 2. The molecule has 0 saturated carbocycles. The number of aromatic hydroxyl groups is 1. The second-order valence-electron chi connectivity index (χ2n) is 7.39. The number of aliphatic hydroxyl groups is 1. The van der Waals surface area contributed by atoms with E-state index in [0.717, 1.165) is 18.4 Å². The summed E-state index contributed by atoms with van der Waals surface area (Å²) in [4.78, 5) is 0. The van der Waals surface area contributed by atoms with Crippen molar-refractivity contribution in [2.24, 2.45) is 0 Å². The Kier molecular flexibility index (Phi) is 8.18. The molecule has 2 heteroatoms. The first-order valence-corrected chi connectivity index (χ1v) is 9.30. The van der Waals surface area contributed by atoms with E-state index in [0.29, 0.717) is 17.6 Å². The van der Waals surface area contributed by atoms with E-state index >= 15 is 0 Å². The van der Waals surface area contributed by atoms with Gasteiger partial charge in [0, 0.05) is 0 Å². The van der Waals surface area contributed by atoms with Crippen molar-refractivity contribution in [2.45, 2.75) is 71.8 Å². The van der Waals surface area contributed by atoms with Gasteiger partial charge in [-0.05, 0) is 67.3 Å². The molecule has 0 heterocycles. The SMILES string of the molecule is CCC(C)c1ccc(C(C)(C)O)cc1.CCC(C)c1ccc(O)cc1. The van der Waals surface area contributed by atoms with Crippen LogP contribution in [0.4, 0.5) is 0 Å². The van der Waals surface area contributed by atoms with Gasteiger partial charge in [-0.25, -0.2) is 0 Å². The van der Waals surface area contributed by atoms with Crippen LogP contribution in [0.5, 0.6) is 5.75 Å². The molecule has 0 aromatic heterocycles. The molecule has 0 aliphatic carbocycles. The minimum absolute atomic E-state index is 0.344. The summed E-state index contributed by atoms with van der Waals surface area (Å²) < 4.78 is 0. The van der Waals surface area contributed by atoms with E-state index in [1.165, 1.54) is 11.1 Å². The van der Waals surface area contributed by atoms with Gasteiger partial charge in [0.2, 0.25) is 0 Å². The molecule has 0 aliphatic heterocycles. The molecular formula is C23H34O2. The molecule has 0 radical (unpaired) electrons. The van der Waals surface area contributed by atoms with Gasteiger partial charge in [-0.3, -0.25) is 0 Å². The van der Waals surface area contributed by atoms with Gasteiger partial charge in [0.25, 0.3) is 0 Å². The summed E-state index contributed by atoms with van der Waals surface area (Å²) in [6, 6.07) is 15.7. The topological polar surface area (TPSA) is 40.5 Å². The van der Waals surface area contributed by atoms with Crippen molar-refractivity contribution in [1.29, 1.82) is 0 Å². The molecule has 2 N–H and O–H groups in total. The maximum absolute atomic E-state index is 9.78. The Hall–Kier alpha value is -1.80. The summed E-state index contributed by atoms with van der Waals surface area (Å²) in [7, 11) is 0.